The third kappa shape index (κ3) is 3.58. The molecule has 3 rings (SSSR count). The lowest BCUT2D eigenvalue weighted by Gasteiger charge is -2.07. The number of allylic oxidation sites excluding steroid dienone is 1. The summed E-state index contributed by atoms with van der Waals surface area (Å²) in [6, 6.07) is 12.4. The van der Waals surface area contributed by atoms with Crippen LogP contribution in [0.2, 0.25) is 0 Å². The number of rotatable bonds is 4. The number of anilines is 1. The summed E-state index contributed by atoms with van der Waals surface area (Å²) in [5, 5.41) is 12.5. The molecule has 1 heterocycles. The number of hydrogen-bond acceptors (Lipinski definition) is 3. The average molecular weight is 339 g/mol. The summed E-state index contributed by atoms with van der Waals surface area (Å²) in [6.45, 7) is 1.71. The molecular formula is C19H14FNO4. The number of carbonyl (C=O) groups is 2. The van der Waals surface area contributed by atoms with Crippen LogP contribution in [0.4, 0.5) is 10.1 Å². The molecule has 126 valence electrons. The lowest BCUT2D eigenvalue weighted by molar-refractivity contribution is -0.111. The van der Waals surface area contributed by atoms with Gasteiger partial charge in [-0.25, -0.2) is 9.18 Å². The maximum Gasteiger partial charge on any atom is 0.337 e. The molecule has 0 aliphatic rings. The minimum absolute atomic E-state index is 0.0209. The summed E-state index contributed by atoms with van der Waals surface area (Å²) >= 11 is 0. The molecule has 5 nitrogen and oxygen atoms in total. The van der Waals surface area contributed by atoms with Crippen LogP contribution in [-0.4, -0.2) is 17.0 Å². The van der Waals surface area contributed by atoms with Crippen molar-refractivity contribution < 1.29 is 23.5 Å². The number of carboxylic acids is 1. The molecule has 0 unspecified atom stereocenters. The van der Waals surface area contributed by atoms with E-state index in [-0.39, 0.29) is 11.3 Å². The van der Waals surface area contributed by atoms with Crippen LogP contribution in [-0.2, 0) is 4.79 Å². The maximum absolute atomic E-state index is 13.2. The van der Waals surface area contributed by atoms with Gasteiger partial charge in [0.1, 0.15) is 17.2 Å². The smallest absolute Gasteiger partial charge is 0.337 e. The van der Waals surface area contributed by atoms with Gasteiger partial charge in [0.25, 0.3) is 0 Å². The molecule has 0 spiro atoms. The van der Waals surface area contributed by atoms with Gasteiger partial charge in [0.15, 0.2) is 0 Å². The zero-order valence-corrected chi connectivity index (χ0v) is 13.2. The number of furan rings is 1. The second kappa shape index (κ2) is 6.60. The van der Waals surface area contributed by atoms with Crippen LogP contribution in [0.3, 0.4) is 0 Å². The first-order valence-corrected chi connectivity index (χ1v) is 7.45. The van der Waals surface area contributed by atoms with Gasteiger partial charge in [0.2, 0.25) is 5.91 Å². The highest BCUT2D eigenvalue weighted by atomic mass is 19.1. The number of halogens is 1. The van der Waals surface area contributed by atoms with E-state index in [1.54, 1.807) is 6.92 Å². The van der Waals surface area contributed by atoms with Crippen molar-refractivity contribution >= 4 is 34.1 Å². The number of para-hydroxylation sites is 1. The predicted molar refractivity (Wildman–Crippen MR) is 91.9 cm³/mol. The molecule has 1 amide bonds. The van der Waals surface area contributed by atoms with Crippen molar-refractivity contribution in [2.45, 2.75) is 6.92 Å². The minimum atomic E-state index is -1.33. The second-order valence-electron chi connectivity index (χ2n) is 5.46. The van der Waals surface area contributed by atoms with E-state index in [0.717, 1.165) is 17.5 Å². The van der Waals surface area contributed by atoms with Crippen LogP contribution >= 0.6 is 0 Å². The van der Waals surface area contributed by atoms with Crippen LogP contribution in [0.5, 0.6) is 0 Å². The van der Waals surface area contributed by atoms with E-state index in [1.807, 2.05) is 30.3 Å². The first kappa shape index (κ1) is 16.4. The van der Waals surface area contributed by atoms with Gasteiger partial charge >= 0.3 is 5.97 Å². The quantitative estimate of drug-likeness (QED) is 0.694. The van der Waals surface area contributed by atoms with Gasteiger partial charge in [0.05, 0.1) is 11.3 Å². The molecule has 0 aliphatic carbocycles. The molecule has 6 heteroatoms. The molecule has 0 saturated carbocycles. The Morgan fingerprint density at radius 2 is 1.92 bits per heavy atom. The fraction of sp³-hybridized carbons (Fsp3) is 0.0526. The molecule has 2 N–H and O–H groups in total. The number of nitrogens with one attached hydrogen (secondary N) is 1. The Labute approximate surface area is 142 Å². The Morgan fingerprint density at radius 3 is 2.64 bits per heavy atom. The lowest BCUT2D eigenvalue weighted by Crippen LogP contribution is -2.12. The van der Waals surface area contributed by atoms with Gasteiger partial charge in [-0.05, 0) is 42.8 Å². The zero-order valence-electron chi connectivity index (χ0n) is 13.2. The van der Waals surface area contributed by atoms with E-state index in [1.165, 1.54) is 12.1 Å². The van der Waals surface area contributed by atoms with Gasteiger partial charge in [-0.2, -0.15) is 0 Å². The fourth-order valence-electron chi connectivity index (χ4n) is 2.42. The Hall–Kier alpha value is -3.41. The standard InChI is InChI=1S/C19H14FNO4/c1-11(17-9-12-4-2-3-5-16(12)25-17)8-18(22)21-15-7-6-13(20)10-14(15)19(23)24/h2-10H,1H3,(H,21,22)(H,23,24)/b11-8-. The monoisotopic (exact) mass is 339 g/mol. The molecule has 3 aromatic rings. The van der Waals surface area contributed by atoms with Crippen LogP contribution in [0.25, 0.3) is 16.5 Å². The molecule has 0 atom stereocenters. The number of carboxylic acid groups (broad SMARTS) is 1. The summed E-state index contributed by atoms with van der Waals surface area (Å²) in [5.74, 6) is -2.02. The molecule has 0 saturated heterocycles. The van der Waals surface area contributed by atoms with Crippen LogP contribution in [0.1, 0.15) is 23.0 Å². The molecule has 0 radical (unpaired) electrons. The van der Waals surface area contributed by atoms with Crippen molar-refractivity contribution in [1.82, 2.24) is 0 Å². The molecule has 25 heavy (non-hydrogen) atoms. The van der Waals surface area contributed by atoms with Crippen molar-refractivity contribution in [2.75, 3.05) is 5.32 Å². The van der Waals surface area contributed by atoms with Gasteiger partial charge in [-0.1, -0.05) is 18.2 Å². The Kier molecular flexibility index (Phi) is 4.35. The summed E-state index contributed by atoms with van der Waals surface area (Å²) in [5.41, 5.74) is 0.987. The number of carbonyl (C=O) groups excluding carboxylic acids is 1. The second-order valence-corrected chi connectivity index (χ2v) is 5.46. The average Bonchev–Trinajstić information content (AvgIpc) is 3.00. The van der Waals surface area contributed by atoms with Crippen LogP contribution in [0.15, 0.2) is 59.0 Å². The number of benzene rings is 2. The van der Waals surface area contributed by atoms with E-state index in [4.69, 9.17) is 9.52 Å². The summed E-state index contributed by atoms with van der Waals surface area (Å²) in [7, 11) is 0. The van der Waals surface area contributed by atoms with Gasteiger partial charge in [-0.15, -0.1) is 0 Å². The van der Waals surface area contributed by atoms with E-state index in [0.29, 0.717) is 16.9 Å². The topological polar surface area (TPSA) is 79.5 Å². The highest BCUT2D eigenvalue weighted by Crippen LogP contribution is 2.24. The largest absolute Gasteiger partial charge is 0.478 e. The van der Waals surface area contributed by atoms with Crippen molar-refractivity contribution in [1.29, 1.82) is 0 Å². The van der Waals surface area contributed by atoms with Crippen molar-refractivity contribution in [3.63, 3.8) is 0 Å². The third-order valence-corrected chi connectivity index (χ3v) is 3.63. The van der Waals surface area contributed by atoms with Crippen molar-refractivity contribution in [3.05, 3.63) is 71.7 Å². The van der Waals surface area contributed by atoms with E-state index < -0.39 is 17.7 Å². The SMILES string of the molecule is C/C(=C/C(=O)Nc1ccc(F)cc1C(=O)O)c1cc2ccccc2o1. The van der Waals surface area contributed by atoms with Gasteiger partial charge in [0, 0.05) is 11.5 Å². The first-order chi connectivity index (χ1) is 11.9. The highest BCUT2D eigenvalue weighted by molar-refractivity contribution is 6.07. The number of fused-ring (bicyclic) bond motifs is 1. The molecule has 0 fully saturated rings. The molecular weight excluding hydrogens is 325 g/mol. The molecule has 0 bridgehead atoms. The molecule has 1 aromatic heterocycles. The molecule has 2 aromatic carbocycles. The number of aromatic carboxylic acids is 1. The maximum atomic E-state index is 13.2. The van der Waals surface area contributed by atoms with E-state index in [9.17, 15) is 14.0 Å². The summed E-state index contributed by atoms with van der Waals surface area (Å²) in [6.07, 6.45) is 1.30. The number of amides is 1. The number of hydrogen-bond donors (Lipinski definition) is 2. The Bertz CT molecular complexity index is 971. The first-order valence-electron chi connectivity index (χ1n) is 7.45. The van der Waals surface area contributed by atoms with Crippen LogP contribution < -0.4 is 5.32 Å². The Morgan fingerprint density at radius 1 is 1.16 bits per heavy atom. The minimum Gasteiger partial charge on any atom is -0.478 e. The van der Waals surface area contributed by atoms with E-state index in [2.05, 4.69) is 5.32 Å². The third-order valence-electron chi connectivity index (χ3n) is 3.63. The molecule has 0 aliphatic heterocycles. The highest BCUT2D eigenvalue weighted by Gasteiger charge is 2.13. The van der Waals surface area contributed by atoms with Gasteiger partial charge < -0.3 is 14.8 Å². The van der Waals surface area contributed by atoms with Crippen molar-refractivity contribution in [2.24, 2.45) is 0 Å². The normalized spacial score (nSPS) is 11.5. The lowest BCUT2D eigenvalue weighted by atomic mass is 10.1. The Balaban J connectivity index is 1.84. The van der Waals surface area contributed by atoms with Crippen molar-refractivity contribution in [3.8, 4) is 0 Å². The van der Waals surface area contributed by atoms with E-state index >= 15 is 0 Å². The summed E-state index contributed by atoms with van der Waals surface area (Å²) < 4.78 is 18.8. The predicted octanol–water partition coefficient (Wildman–Crippen LogP) is 4.31. The summed E-state index contributed by atoms with van der Waals surface area (Å²) in [4.78, 5) is 23.3. The van der Waals surface area contributed by atoms with Crippen LogP contribution in [0, 0.1) is 5.82 Å². The van der Waals surface area contributed by atoms with Gasteiger partial charge in [-0.3, -0.25) is 4.79 Å². The zero-order chi connectivity index (χ0) is 18.0. The fourth-order valence-corrected chi connectivity index (χ4v) is 2.42.